The molecule has 2 fully saturated rings. The van der Waals surface area contributed by atoms with Crippen molar-refractivity contribution in [3.8, 4) is 16.6 Å². The van der Waals surface area contributed by atoms with Crippen molar-refractivity contribution in [2.45, 2.75) is 19.3 Å². The maximum atomic E-state index is 13.9. The Morgan fingerprint density at radius 2 is 1.96 bits per heavy atom. The number of nitrogens with one attached hydrogen (secondary N) is 1. The highest BCUT2D eigenvalue weighted by molar-refractivity contribution is 7.16. The van der Waals surface area contributed by atoms with Gasteiger partial charge in [0, 0.05) is 57.3 Å². The molecule has 242 valence electrons. The number of hydrogen-bond acceptors (Lipinski definition) is 12. The third kappa shape index (κ3) is 5.87. The Kier molecular flexibility index (Phi) is 8.01. The topological polar surface area (TPSA) is 172 Å². The van der Waals surface area contributed by atoms with Crippen molar-refractivity contribution >= 4 is 45.9 Å². The lowest BCUT2D eigenvalue weighted by Crippen LogP contribution is -2.43. The maximum Gasteiger partial charge on any atom is 0.237 e. The van der Waals surface area contributed by atoms with Gasteiger partial charge < -0.3 is 15.4 Å². The van der Waals surface area contributed by atoms with Gasteiger partial charge in [-0.25, -0.2) is 19.9 Å². The summed E-state index contributed by atoms with van der Waals surface area (Å²) in [5, 5.41) is 14.0. The summed E-state index contributed by atoms with van der Waals surface area (Å²) in [5.74, 6) is 1.64. The fourth-order valence-electron chi connectivity index (χ4n) is 6.47. The first-order valence-corrected chi connectivity index (χ1v) is 16.2. The molecule has 2 amide bonds. The van der Waals surface area contributed by atoms with Gasteiger partial charge in [0.1, 0.15) is 22.8 Å². The van der Waals surface area contributed by atoms with Crippen molar-refractivity contribution in [2.24, 2.45) is 12.5 Å². The second-order valence-electron chi connectivity index (χ2n) is 12.1. The molecule has 0 radical (unpaired) electrons. The lowest BCUT2D eigenvalue weighted by molar-refractivity contribution is -0.132. The summed E-state index contributed by atoms with van der Waals surface area (Å²) >= 11 is 1.56. The van der Waals surface area contributed by atoms with Gasteiger partial charge in [-0.1, -0.05) is 6.08 Å². The zero-order valence-electron chi connectivity index (χ0n) is 26.2. The highest BCUT2D eigenvalue weighted by atomic mass is 32.1. The van der Waals surface area contributed by atoms with Crippen LogP contribution in [-0.2, 0) is 16.6 Å². The number of anilines is 2. The van der Waals surface area contributed by atoms with E-state index in [0.29, 0.717) is 80.0 Å². The summed E-state index contributed by atoms with van der Waals surface area (Å²) in [6.07, 6.45) is 9.19. The summed E-state index contributed by atoms with van der Waals surface area (Å²) in [4.78, 5) is 51.5. The van der Waals surface area contributed by atoms with E-state index in [4.69, 9.17) is 15.9 Å². The van der Waals surface area contributed by atoms with Crippen LogP contribution in [0.25, 0.3) is 16.3 Å². The fourth-order valence-corrected chi connectivity index (χ4v) is 7.39. The summed E-state index contributed by atoms with van der Waals surface area (Å²) in [5.41, 5.74) is 8.08. The average molecular weight is 654 g/mol. The first kappa shape index (κ1) is 30.6. The zero-order valence-corrected chi connectivity index (χ0v) is 27.0. The normalized spacial score (nSPS) is 19.9. The first-order chi connectivity index (χ1) is 22.7. The molecule has 3 N–H and O–H groups in total. The third-order valence-electron chi connectivity index (χ3n) is 9.13. The van der Waals surface area contributed by atoms with Crippen molar-refractivity contribution in [3.05, 3.63) is 65.3 Å². The number of pyridine rings is 2. The Labute approximate surface area is 275 Å². The van der Waals surface area contributed by atoms with E-state index >= 15 is 0 Å². The molecule has 4 aromatic rings. The number of carbonyl (C=O) groups excluding carboxylic acids is 2. The van der Waals surface area contributed by atoms with Gasteiger partial charge in [-0.2, -0.15) is 5.10 Å². The highest BCUT2D eigenvalue weighted by Crippen LogP contribution is 2.42. The molecule has 7 rings (SSSR count). The number of hydrogen-bond donors (Lipinski definition) is 2. The number of nitrogens with two attached hydrogens (primary N) is 1. The molecule has 0 saturated carbocycles. The molecule has 1 spiro atoms. The second kappa shape index (κ2) is 12.3. The minimum absolute atomic E-state index is 0.00239. The van der Waals surface area contributed by atoms with Crippen LogP contribution in [-0.4, -0.2) is 103 Å². The van der Waals surface area contributed by atoms with E-state index in [9.17, 15) is 9.59 Å². The number of aryl methyl sites for hydroxylation is 1. The number of methoxy groups -OCH3 is 1. The summed E-state index contributed by atoms with van der Waals surface area (Å²) in [6, 6.07) is 6.81. The van der Waals surface area contributed by atoms with Crippen LogP contribution in [0.3, 0.4) is 0 Å². The van der Waals surface area contributed by atoms with Crippen LogP contribution in [0, 0.1) is 10.8 Å². The summed E-state index contributed by atoms with van der Waals surface area (Å²) in [6.45, 7) is 3.16. The molecule has 0 aliphatic carbocycles. The van der Waals surface area contributed by atoms with Crippen molar-refractivity contribution in [3.63, 3.8) is 0 Å². The Balaban J connectivity index is 0.964. The molecule has 2 saturated heterocycles. The predicted molar refractivity (Wildman–Crippen MR) is 177 cm³/mol. The Morgan fingerprint density at radius 3 is 2.68 bits per heavy atom. The van der Waals surface area contributed by atoms with E-state index in [0.717, 1.165) is 21.9 Å². The molecule has 1 atom stereocenters. The Bertz CT molecular complexity index is 1880. The maximum absolute atomic E-state index is 13.9. The number of aromatic nitrogens is 6. The Morgan fingerprint density at radius 1 is 1.11 bits per heavy atom. The molecule has 0 bridgehead atoms. The number of likely N-dealkylation sites (tertiary alicyclic amines) is 1. The number of nitrogens with zero attached hydrogens (tertiary/aromatic N) is 9. The van der Waals surface area contributed by atoms with E-state index in [1.165, 1.54) is 13.3 Å². The third-order valence-corrected chi connectivity index (χ3v) is 10.2. The molecular weight excluding hydrogens is 618 g/mol. The molecule has 4 aromatic heterocycles. The van der Waals surface area contributed by atoms with Crippen LogP contribution < -0.4 is 15.4 Å². The van der Waals surface area contributed by atoms with E-state index in [-0.39, 0.29) is 24.1 Å². The summed E-state index contributed by atoms with van der Waals surface area (Å²) < 4.78 is 6.79. The molecular formula is C32H35N11O3S. The lowest BCUT2D eigenvalue weighted by atomic mass is 9.85. The standard InChI is InChI=1S/C32H35N11O3S/c1-40-19-37-29(39-40)23-16-36-30(47-23)20-7-11-42(12-8-20)26(44)17-41-13-9-32(18-41)10-14-43(31(32)45)24-5-4-22(33)28(38-24)27(34)21-3-6-25(46-2)35-15-21/h3-7,15-16,19,34H,8-14,17-18,33H2,1-2H3/t32-/m0/s1. The van der Waals surface area contributed by atoms with Crippen molar-refractivity contribution in [1.29, 1.82) is 5.41 Å². The van der Waals surface area contributed by atoms with Crippen LogP contribution >= 0.6 is 11.3 Å². The van der Waals surface area contributed by atoms with E-state index in [1.807, 2.05) is 11.9 Å². The molecule has 7 heterocycles. The van der Waals surface area contributed by atoms with Crippen LogP contribution in [0.15, 0.2) is 49.1 Å². The first-order valence-electron chi connectivity index (χ1n) is 15.4. The molecule has 14 nitrogen and oxygen atoms in total. The van der Waals surface area contributed by atoms with Gasteiger partial charge >= 0.3 is 0 Å². The lowest BCUT2D eigenvalue weighted by Gasteiger charge is -2.28. The zero-order chi connectivity index (χ0) is 32.7. The average Bonchev–Trinajstić information content (AvgIpc) is 3.90. The van der Waals surface area contributed by atoms with Gasteiger partial charge in [0.15, 0.2) is 5.82 Å². The summed E-state index contributed by atoms with van der Waals surface area (Å²) in [7, 11) is 3.37. The van der Waals surface area contributed by atoms with Crippen LogP contribution in [0.1, 0.15) is 35.5 Å². The molecule has 0 aromatic carbocycles. The van der Waals surface area contributed by atoms with Crippen molar-refractivity contribution in [2.75, 3.05) is 57.0 Å². The number of carbonyl (C=O) groups is 2. The number of amides is 2. The molecule has 47 heavy (non-hydrogen) atoms. The minimum atomic E-state index is -0.559. The van der Waals surface area contributed by atoms with E-state index in [1.54, 1.807) is 57.7 Å². The number of nitrogen functional groups attached to an aromatic ring is 1. The van der Waals surface area contributed by atoms with Gasteiger partial charge in [-0.15, -0.1) is 11.3 Å². The second-order valence-corrected chi connectivity index (χ2v) is 13.1. The van der Waals surface area contributed by atoms with Gasteiger partial charge in [0.05, 0.1) is 35.3 Å². The molecule has 3 aliphatic heterocycles. The Hall–Kier alpha value is -5.02. The molecule has 0 unspecified atom stereocenters. The number of thiazole rings is 1. The minimum Gasteiger partial charge on any atom is -0.481 e. The largest absolute Gasteiger partial charge is 0.481 e. The highest BCUT2D eigenvalue weighted by Gasteiger charge is 2.51. The van der Waals surface area contributed by atoms with Gasteiger partial charge in [0.25, 0.3) is 0 Å². The van der Waals surface area contributed by atoms with Crippen LogP contribution in [0.2, 0.25) is 0 Å². The monoisotopic (exact) mass is 653 g/mol. The predicted octanol–water partition coefficient (Wildman–Crippen LogP) is 2.48. The van der Waals surface area contributed by atoms with E-state index < -0.39 is 5.41 Å². The fraction of sp³-hybridized carbons (Fsp3) is 0.375. The van der Waals surface area contributed by atoms with Gasteiger partial charge in [-0.3, -0.25) is 29.5 Å². The van der Waals surface area contributed by atoms with Crippen molar-refractivity contribution in [1.82, 2.24) is 39.5 Å². The van der Waals surface area contributed by atoms with Gasteiger partial charge in [-0.05, 0) is 49.6 Å². The SMILES string of the molecule is COc1ccc(C(=N)c2nc(N3CC[C@]4(CCN(CC(=O)N5CC=C(c6ncc(-c7ncn(C)n7)s6)CC5)C4)C3=O)ccc2N)cn1. The molecule has 3 aliphatic rings. The van der Waals surface area contributed by atoms with Crippen LogP contribution in [0.5, 0.6) is 5.88 Å². The smallest absolute Gasteiger partial charge is 0.237 e. The van der Waals surface area contributed by atoms with Crippen molar-refractivity contribution < 1.29 is 14.3 Å². The molecule has 15 heteroatoms. The van der Waals surface area contributed by atoms with Crippen LogP contribution in [0.4, 0.5) is 11.5 Å². The van der Waals surface area contributed by atoms with Gasteiger partial charge in [0.2, 0.25) is 17.7 Å². The quantitative estimate of drug-likeness (QED) is 0.269. The van der Waals surface area contributed by atoms with E-state index in [2.05, 4.69) is 36.0 Å². The number of ether oxygens (including phenoxy) is 1. The number of rotatable bonds is 8.